The van der Waals surface area contributed by atoms with E-state index >= 15 is 0 Å². The van der Waals surface area contributed by atoms with E-state index in [1.54, 1.807) is 0 Å². The molecule has 0 spiro atoms. The van der Waals surface area contributed by atoms with E-state index in [1.165, 1.54) is 36.3 Å². The molecule has 9 heteroatoms. The summed E-state index contributed by atoms with van der Waals surface area (Å²) in [4.78, 5) is 38.6. The van der Waals surface area contributed by atoms with Gasteiger partial charge in [-0.05, 0) is 49.9 Å². The fraction of sp³-hybridized carbons (Fsp3) is 0.625. The van der Waals surface area contributed by atoms with E-state index in [9.17, 15) is 27.6 Å². The largest absolute Gasteiger partial charge is 0.455 e. The number of piperidine rings is 1. The second-order valence-electron chi connectivity index (χ2n) is 8.86. The smallest absolute Gasteiger partial charge is 0.416 e. The lowest BCUT2D eigenvalue weighted by atomic mass is 9.96. The van der Waals surface area contributed by atoms with Gasteiger partial charge in [0.2, 0.25) is 0 Å². The molecule has 2 amide bonds. The van der Waals surface area contributed by atoms with Gasteiger partial charge in [0.15, 0.2) is 6.61 Å². The predicted octanol–water partition coefficient (Wildman–Crippen LogP) is 4.33. The number of ether oxygens (including phenoxy) is 1. The second-order valence-corrected chi connectivity index (χ2v) is 8.86. The predicted molar refractivity (Wildman–Crippen MR) is 115 cm³/mol. The van der Waals surface area contributed by atoms with Gasteiger partial charge in [0, 0.05) is 24.7 Å². The average molecular weight is 469 g/mol. The number of carbonyl (C=O) groups excluding carboxylic acids is 3. The van der Waals surface area contributed by atoms with Crippen molar-refractivity contribution in [1.82, 2.24) is 10.2 Å². The molecular weight excluding hydrogens is 437 g/mol. The third kappa shape index (κ3) is 7.47. The quantitative estimate of drug-likeness (QED) is 0.653. The topological polar surface area (TPSA) is 75.7 Å². The number of alkyl halides is 3. The summed E-state index contributed by atoms with van der Waals surface area (Å²) in [5, 5.41) is 2.96. The molecule has 6 nitrogen and oxygen atoms in total. The molecule has 0 radical (unpaired) electrons. The zero-order valence-electron chi connectivity index (χ0n) is 18.7. The normalized spacial score (nSPS) is 18.8. The lowest BCUT2D eigenvalue weighted by Gasteiger charge is -2.31. The number of nitrogens with one attached hydrogen (secondary N) is 1. The number of rotatable bonds is 5. The highest BCUT2D eigenvalue weighted by Crippen LogP contribution is 2.29. The van der Waals surface area contributed by atoms with Crippen LogP contribution in [0.3, 0.4) is 0 Å². The van der Waals surface area contributed by atoms with Gasteiger partial charge in [0.05, 0.1) is 11.5 Å². The monoisotopic (exact) mass is 468 g/mol. The highest BCUT2D eigenvalue weighted by atomic mass is 19.4. The van der Waals surface area contributed by atoms with Crippen molar-refractivity contribution in [2.75, 3.05) is 19.7 Å². The highest BCUT2D eigenvalue weighted by molar-refractivity contribution is 5.94. The summed E-state index contributed by atoms with van der Waals surface area (Å²) >= 11 is 0. The molecule has 3 rings (SSSR count). The Morgan fingerprint density at radius 3 is 2.06 bits per heavy atom. The molecule has 1 saturated carbocycles. The van der Waals surface area contributed by atoms with E-state index in [0.717, 1.165) is 37.8 Å². The number of halogens is 3. The van der Waals surface area contributed by atoms with E-state index in [1.807, 2.05) is 0 Å². The molecule has 33 heavy (non-hydrogen) atoms. The zero-order valence-corrected chi connectivity index (χ0v) is 18.7. The van der Waals surface area contributed by atoms with Gasteiger partial charge in [-0.2, -0.15) is 13.2 Å². The van der Waals surface area contributed by atoms with Crippen molar-refractivity contribution >= 4 is 17.8 Å². The van der Waals surface area contributed by atoms with E-state index in [-0.39, 0.29) is 30.0 Å². The first kappa shape index (κ1) is 25.1. The van der Waals surface area contributed by atoms with Crippen molar-refractivity contribution in [2.45, 2.75) is 70.0 Å². The standard InChI is InChI=1S/C24H31F3N2O4/c25-24(26,27)19-10-8-17(9-11-19)22(31)29-14-12-18(13-15-29)23(32)33-16-21(30)28-20-6-4-2-1-3-5-7-20/h8-11,18,20H,1-7,12-16H2,(H,28,30). The molecule has 1 saturated heterocycles. The third-order valence-electron chi connectivity index (χ3n) is 6.39. The van der Waals surface area contributed by atoms with Gasteiger partial charge in [-0.15, -0.1) is 0 Å². The molecule has 182 valence electrons. The molecule has 1 N–H and O–H groups in total. The van der Waals surface area contributed by atoms with Crippen molar-refractivity contribution in [3.05, 3.63) is 35.4 Å². The van der Waals surface area contributed by atoms with Crippen molar-refractivity contribution in [2.24, 2.45) is 5.92 Å². The summed E-state index contributed by atoms with van der Waals surface area (Å²) in [6.07, 6.45) is 4.01. The summed E-state index contributed by atoms with van der Waals surface area (Å²) in [6.45, 7) is 0.293. The molecule has 1 aliphatic heterocycles. The minimum absolute atomic E-state index is 0.135. The van der Waals surface area contributed by atoms with E-state index in [4.69, 9.17) is 4.74 Å². The van der Waals surface area contributed by atoms with Crippen LogP contribution in [0.25, 0.3) is 0 Å². The number of esters is 1. The van der Waals surface area contributed by atoms with Gasteiger partial charge in [0.1, 0.15) is 0 Å². The molecule has 1 aromatic rings. The Balaban J connectivity index is 1.40. The van der Waals surface area contributed by atoms with Crippen LogP contribution in [0.5, 0.6) is 0 Å². The molecule has 1 aromatic carbocycles. The molecule has 0 atom stereocenters. The second kappa shape index (κ2) is 11.5. The number of likely N-dealkylation sites (tertiary alicyclic amines) is 1. The minimum atomic E-state index is -4.45. The van der Waals surface area contributed by atoms with Gasteiger partial charge in [-0.25, -0.2) is 0 Å². The van der Waals surface area contributed by atoms with Crippen LogP contribution in [0.1, 0.15) is 73.7 Å². The molecule has 2 fully saturated rings. The SMILES string of the molecule is O=C(COC(=O)C1CCN(C(=O)c2ccc(C(F)(F)F)cc2)CC1)NC1CCCCCCC1. The van der Waals surface area contributed by atoms with Gasteiger partial charge in [0.25, 0.3) is 11.8 Å². The Morgan fingerprint density at radius 2 is 1.48 bits per heavy atom. The Hall–Kier alpha value is -2.58. The van der Waals surface area contributed by atoms with Gasteiger partial charge < -0.3 is 15.0 Å². The Morgan fingerprint density at radius 1 is 0.909 bits per heavy atom. The van der Waals surface area contributed by atoms with E-state index < -0.39 is 23.6 Å². The first-order valence-electron chi connectivity index (χ1n) is 11.7. The third-order valence-corrected chi connectivity index (χ3v) is 6.39. The van der Waals surface area contributed by atoms with Crippen molar-refractivity contribution in [3.8, 4) is 0 Å². The van der Waals surface area contributed by atoms with E-state index in [2.05, 4.69) is 5.32 Å². The van der Waals surface area contributed by atoms with Crippen LogP contribution >= 0.6 is 0 Å². The Labute approximate surface area is 191 Å². The van der Waals surface area contributed by atoms with Crippen molar-refractivity contribution < 1.29 is 32.3 Å². The van der Waals surface area contributed by atoms with Crippen LogP contribution in [0.2, 0.25) is 0 Å². The number of benzene rings is 1. The number of carbonyl (C=O) groups is 3. The number of hydrogen-bond donors (Lipinski definition) is 1. The average Bonchev–Trinajstić information content (AvgIpc) is 2.78. The summed E-state index contributed by atoms with van der Waals surface area (Å²) < 4.78 is 43.3. The molecule has 1 aliphatic carbocycles. The van der Waals surface area contributed by atoms with Crippen molar-refractivity contribution in [1.29, 1.82) is 0 Å². The highest BCUT2D eigenvalue weighted by Gasteiger charge is 2.32. The van der Waals surface area contributed by atoms with Crippen LogP contribution < -0.4 is 5.32 Å². The summed E-state index contributed by atoms with van der Waals surface area (Å²) in [5.74, 6) is -1.52. The summed E-state index contributed by atoms with van der Waals surface area (Å²) in [5.41, 5.74) is -0.631. The van der Waals surface area contributed by atoms with Crippen molar-refractivity contribution in [3.63, 3.8) is 0 Å². The zero-order chi connectivity index (χ0) is 23.8. The summed E-state index contributed by atoms with van der Waals surface area (Å²) in [7, 11) is 0. The van der Waals surface area contributed by atoms with Gasteiger partial charge in [-0.3, -0.25) is 14.4 Å². The maximum absolute atomic E-state index is 12.7. The molecule has 1 heterocycles. The minimum Gasteiger partial charge on any atom is -0.455 e. The lowest BCUT2D eigenvalue weighted by Crippen LogP contribution is -2.42. The number of hydrogen-bond acceptors (Lipinski definition) is 4. The fourth-order valence-corrected chi connectivity index (χ4v) is 4.43. The van der Waals surface area contributed by atoms with E-state index in [0.29, 0.717) is 25.9 Å². The summed E-state index contributed by atoms with van der Waals surface area (Å²) in [6, 6.07) is 4.24. The number of nitrogens with zero attached hydrogens (tertiary/aromatic N) is 1. The van der Waals surface area contributed by atoms with Crippen LogP contribution in [0.15, 0.2) is 24.3 Å². The molecule has 0 bridgehead atoms. The first-order valence-corrected chi connectivity index (χ1v) is 11.7. The van der Waals surface area contributed by atoms with Gasteiger partial charge in [-0.1, -0.05) is 32.1 Å². The first-order chi connectivity index (χ1) is 15.7. The van der Waals surface area contributed by atoms with Gasteiger partial charge >= 0.3 is 12.1 Å². The fourth-order valence-electron chi connectivity index (χ4n) is 4.43. The van der Waals surface area contributed by atoms with Crippen LogP contribution in [-0.2, 0) is 20.5 Å². The maximum Gasteiger partial charge on any atom is 0.416 e. The lowest BCUT2D eigenvalue weighted by molar-refractivity contribution is -0.154. The van der Waals surface area contributed by atoms with Crippen LogP contribution in [0, 0.1) is 5.92 Å². The molecule has 0 unspecified atom stereocenters. The van der Waals surface area contributed by atoms with Crippen LogP contribution in [0.4, 0.5) is 13.2 Å². The molecular formula is C24H31F3N2O4. The van der Waals surface area contributed by atoms with Crippen LogP contribution in [-0.4, -0.2) is 48.4 Å². The number of amides is 2. The Bertz CT molecular complexity index is 810. The maximum atomic E-state index is 12.7. The molecule has 0 aromatic heterocycles. The Kier molecular flexibility index (Phi) is 8.74. The molecule has 2 aliphatic rings.